The van der Waals surface area contributed by atoms with E-state index in [1.54, 1.807) is 6.26 Å². The van der Waals surface area contributed by atoms with Crippen LogP contribution in [0, 0.1) is 0 Å². The van der Waals surface area contributed by atoms with Gasteiger partial charge in [0.15, 0.2) is 5.17 Å². The molecule has 0 aliphatic rings. The van der Waals surface area contributed by atoms with Gasteiger partial charge in [0, 0.05) is 0 Å². The van der Waals surface area contributed by atoms with Crippen LogP contribution in [0.4, 0.5) is 9.59 Å². The fourth-order valence-electron chi connectivity index (χ4n) is 0.422. The van der Waals surface area contributed by atoms with Gasteiger partial charge in [-0.1, -0.05) is 11.8 Å². The van der Waals surface area contributed by atoms with Gasteiger partial charge in [0.25, 0.3) is 0 Å². The van der Waals surface area contributed by atoms with E-state index in [0.717, 1.165) is 0 Å². The molecule has 0 aliphatic carbocycles. The number of nitrogens with one attached hydrogen (secondary N) is 3. The zero-order valence-electron chi connectivity index (χ0n) is 8.49. The van der Waals surface area contributed by atoms with Crippen LogP contribution >= 0.6 is 11.8 Å². The first kappa shape index (κ1) is 13.4. The molecule has 2 amide bonds. The molecule has 0 radical (unpaired) electrons. The number of amides is 2. The van der Waals surface area contributed by atoms with Crippen LogP contribution in [-0.4, -0.2) is 37.8 Å². The lowest BCUT2D eigenvalue weighted by Crippen LogP contribution is -2.41. The van der Waals surface area contributed by atoms with Crippen molar-refractivity contribution in [3.63, 3.8) is 0 Å². The van der Waals surface area contributed by atoms with Crippen LogP contribution in [0.15, 0.2) is 5.10 Å². The molecule has 0 aliphatic heterocycles. The van der Waals surface area contributed by atoms with Crippen LogP contribution in [0.3, 0.4) is 0 Å². The Balaban J connectivity index is 4.01. The van der Waals surface area contributed by atoms with E-state index in [1.807, 2.05) is 0 Å². The first-order chi connectivity index (χ1) is 7.13. The summed E-state index contributed by atoms with van der Waals surface area (Å²) in [6.07, 6.45) is 0.320. The predicted molar refractivity (Wildman–Crippen MR) is 55.2 cm³/mol. The molecule has 15 heavy (non-hydrogen) atoms. The van der Waals surface area contributed by atoms with Gasteiger partial charge in [-0.15, -0.1) is 5.10 Å². The number of hydrazone groups is 1. The van der Waals surface area contributed by atoms with Crippen molar-refractivity contribution in [2.45, 2.75) is 0 Å². The maximum Gasteiger partial charge on any atom is 0.427 e. The van der Waals surface area contributed by atoms with Gasteiger partial charge in [-0.3, -0.25) is 5.43 Å². The van der Waals surface area contributed by atoms with Crippen LogP contribution in [0.1, 0.15) is 0 Å². The smallest absolute Gasteiger partial charge is 0.427 e. The summed E-state index contributed by atoms with van der Waals surface area (Å²) < 4.78 is 8.59. The Bertz CT molecular complexity index is 258. The van der Waals surface area contributed by atoms with Gasteiger partial charge < -0.3 is 9.47 Å². The summed E-state index contributed by atoms with van der Waals surface area (Å²) in [6, 6.07) is 0. The van der Waals surface area contributed by atoms with Gasteiger partial charge in [0.1, 0.15) is 0 Å². The van der Waals surface area contributed by atoms with Crippen molar-refractivity contribution >= 4 is 29.1 Å². The maximum atomic E-state index is 10.7. The molecule has 0 fully saturated rings. The number of nitrogens with zero attached hydrogens (tertiary/aromatic N) is 1. The highest BCUT2D eigenvalue weighted by molar-refractivity contribution is 8.13. The summed E-state index contributed by atoms with van der Waals surface area (Å²) in [5.74, 6) is 0. The van der Waals surface area contributed by atoms with Crippen LogP contribution in [0.2, 0.25) is 0 Å². The quantitative estimate of drug-likeness (QED) is 0.332. The molecule has 0 aromatic rings. The molecular weight excluding hydrogens is 224 g/mol. The minimum Gasteiger partial charge on any atom is -0.452 e. The third kappa shape index (κ3) is 6.43. The first-order valence-electron chi connectivity index (χ1n) is 3.69. The predicted octanol–water partition coefficient (Wildman–Crippen LogP) is -0.163. The molecule has 0 heterocycles. The molecule has 0 aromatic heterocycles. The number of amidine groups is 1. The van der Waals surface area contributed by atoms with Crippen molar-refractivity contribution in [2.75, 3.05) is 20.5 Å². The average molecular weight is 236 g/mol. The second-order valence-corrected chi connectivity index (χ2v) is 2.76. The highest BCUT2D eigenvalue weighted by Gasteiger charge is 2.02. The normalized spacial score (nSPS) is 10.2. The number of methoxy groups -OCH3 is 2. The lowest BCUT2D eigenvalue weighted by molar-refractivity contribution is 0.169. The van der Waals surface area contributed by atoms with Crippen LogP contribution in [0.25, 0.3) is 0 Å². The lowest BCUT2D eigenvalue weighted by atomic mass is 11.1. The van der Waals surface area contributed by atoms with E-state index >= 15 is 0 Å². The fourth-order valence-corrected chi connectivity index (χ4v) is 0.712. The Labute approximate surface area is 90.7 Å². The zero-order valence-corrected chi connectivity index (χ0v) is 9.30. The summed E-state index contributed by atoms with van der Waals surface area (Å²) in [5.41, 5.74) is 6.66. The lowest BCUT2D eigenvalue weighted by Gasteiger charge is -2.07. The third-order valence-corrected chi connectivity index (χ3v) is 1.66. The number of rotatable bonds is 1. The van der Waals surface area contributed by atoms with Crippen molar-refractivity contribution in [1.82, 2.24) is 16.3 Å². The molecule has 0 unspecified atom stereocenters. The molecule has 86 valence electrons. The minimum atomic E-state index is -0.707. The maximum absolute atomic E-state index is 10.7. The number of hydrogen-bond donors (Lipinski definition) is 3. The Morgan fingerprint density at radius 2 is 1.73 bits per heavy atom. The molecule has 9 heteroatoms. The van der Waals surface area contributed by atoms with Gasteiger partial charge in [-0.05, 0) is 6.26 Å². The van der Waals surface area contributed by atoms with E-state index in [9.17, 15) is 9.59 Å². The van der Waals surface area contributed by atoms with Crippen molar-refractivity contribution in [2.24, 2.45) is 5.10 Å². The molecule has 0 spiro atoms. The van der Waals surface area contributed by atoms with E-state index in [0.29, 0.717) is 0 Å². The molecule has 0 rings (SSSR count). The van der Waals surface area contributed by atoms with E-state index in [4.69, 9.17) is 0 Å². The molecule has 0 saturated heterocycles. The van der Waals surface area contributed by atoms with Crippen LogP contribution in [0.5, 0.6) is 0 Å². The van der Waals surface area contributed by atoms with Crippen molar-refractivity contribution < 1.29 is 19.1 Å². The minimum absolute atomic E-state index is 0.269. The Hall–Kier alpha value is -1.64. The van der Waals surface area contributed by atoms with Crippen molar-refractivity contribution in [3.05, 3.63) is 0 Å². The van der Waals surface area contributed by atoms with Crippen LogP contribution < -0.4 is 16.3 Å². The number of ether oxygens (including phenoxy) is 2. The van der Waals surface area contributed by atoms with Gasteiger partial charge in [0.05, 0.1) is 14.2 Å². The summed E-state index contributed by atoms with van der Waals surface area (Å²) >= 11 is 1.17. The molecule has 0 saturated carbocycles. The third-order valence-electron chi connectivity index (χ3n) is 1.08. The Kier molecular flexibility index (Phi) is 6.89. The topological polar surface area (TPSA) is 101 Å². The number of carbonyl (C=O) groups is 2. The molecule has 0 atom stereocenters. The largest absolute Gasteiger partial charge is 0.452 e. The summed E-state index contributed by atoms with van der Waals surface area (Å²) in [7, 11) is 2.43. The van der Waals surface area contributed by atoms with Gasteiger partial charge in [-0.2, -0.15) is 0 Å². The highest BCUT2D eigenvalue weighted by atomic mass is 32.2. The SMILES string of the molecule is COC(=O)N/N=C(/NNC(=O)OC)SC. The van der Waals surface area contributed by atoms with Gasteiger partial charge >= 0.3 is 12.2 Å². The highest BCUT2D eigenvalue weighted by Crippen LogP contribution is 1.92. The van der Waals surface area contributed by atoms with E-state index in [-0.39, 0.29) is 5.17 Å². The molecular formula is C6H12N4O4S. The first-order valence-corrected chi connectivity index (χ1v) is 4.92. The fraction of sp³-hybridized carbons (Fsp3) is 0.500. The number of carbonyl (C=O) groups excluding carboxylic acids is 2. The van der Waals surface area contributed by atoms with Crippen molar-refractivity contribution in [1.29, 1.82) is 0 Å². The second-order valence-electron chi connectivity index (χ2n) is 1.97. The van der Waals surface area contributed by atoms with E-state index < -0.39 is 12.2 Å². The zero-order chi connectivity index (χ0) is 11.7. The molecule has 0 aromatic carbocycles. The summed E-state index contributed by atoms with van der Waals surface area (Å²) in [6.45, 7) is 0. The number of hydrogen-bond acceptors (Lipinski definition) is 6. The second kappa shape index (κ2) is 7.74. The van der Waals surface area contributed by atoms with Gasteiger partial charge in [-0.25, -0.2) is 20.4 Å². The summed E-state index contributed by atoms with van der Waals surface area (Å²) in [4.78, 5) is 21.3. The summed E-state index contributed by atoms with van der Waals surface area (Å²) in [5, 5.41) is 3.86. The number of thioether (sulfide) groups is 1. The monoisotopic (exact) mass is 236 g/mol. The Morgan fingerprint density at radius 3 is 2.20 bits per heavy atom. The standard InChI is InChI=1S/C6H12N4O4S/c1-13-5(11)9-7-4(15-3)8-10-6(12)14-2/h1-3H3,(H,7,8)(H,9,11)(H,10,12). The average Bonchev–Trinajstić information content (AvgIpc) is 2.28. The molecule has 3 N–H and O–H groups in total. The Morgan fingerprint density at radius 1 is 1.13 bits per heavy atom. The number of hydrazine groups is 1. The van der Waals surface area contributed by atoms with E-state index in [2.05, 4.69) is 30.9 Å². The van der Waals surface area contributed by atoms with Crippen LogP contribution in [-0.2, 0) is 9.47 Å². The molecule has 0 bridgehead atoms. The molecule has 8 nitrogen and oxygen atoms in total. The van der Waals surface area contributed by atoms with Gasteiger partial charge in [0.2, 0.25) is 0 Å². The van der Waals surface area contributed by atoms with Crippen molar-refractivity contribution in [3.8, 4) is 0 Å². The van der Waals surface area contributed by atoms with E-state index in [1.165, 1.54) is 26.0 Å².